The molecule has 39 heavy (non-hydrogen) atoms. The number of likely N-dealkylation sites (tertiary alicyclic amines) is 1. The van der Waals surface area contributed by atoms with E-state index in [0.29, 0.717) is 23.3 Å². The van der Waals surface area contributed by atoms with Crippen LogP contribution in [0.15, 0.2) is 46.3 Å². The number of hydrogen-bond acceptors (Lipinski definition) is 3. The fourth-order valence-corrected chi connectivity index (χ4v) is 10.4. The number of nitrogens with zero attached hydrogens (tertiary/aromatic N) is 1. The molecule has 0 aromatic heterocycles. The maximum atomic E-state index is 14.1. The van der Waals surface area contributed by atoms with Crippen LogP contribution in [0.25, 0.3) is 0 Å². The lowest BCUT2D eigenvalue weighted by Gasteiger charge is -2.70. The Morgan fingerprint density at radius 1 is 1.00 bits per heavy atom. The van der Waals surface area contributed by atoms with Gasteiger partial charge < -0.3 is 10.0 Å². The normalized spacial score (nSPS) is 45.8. The summed E-state index contributed by atoms with van der Waals surface area (Å²) in [5.41, 5.74) is 4.14. The summed E-state index contributed by atoms with van der Waals surface area (Å²) in [5.74, 6) is 1.12. The summed E-state index contributed by atoms with van der Waals surface area (Å²) in [6.45, 7) is 18.2. The molecule has 6 aliphatic rings. The summed E-state index contributed by atoms with van der Waals surface area (Å²) < 4.78 is 0. The van der Waals surface area contributed by atoms with Crippen LogP contribution in [0.5, 0.6) is 0 Å². The van der Waals surface area contributed by atoms with E-state index >= 15 is 0 Å². The Balaban J connectivity index is 1.39. The molecule has 1 unspecified atom stereocenters. The van der Waals surface area contributed by atoms with Gasteiger partial charge in [0.05, 0.1) is 0 Å². The summed E-state index contributed by atoms with van der Waals surface area (Å²) in [7, 11) is 0. The molecule has 1 saturated heterocycles. The molecule has 6 rings (SSSR count). The van der Waals surface area contributed by atoms with Crippen molar-refractivity contribution in [2.45, 2.75) is 106 Å². The summed E-state index contributed by atoms with van der Waals surface area (Å²) in [6, 6.07) is 0. The number of aliphatic hydroxyl groups excluding tert-OH is 1. The highest BCUT2D eigenvalue weighted by atomic mass is 16.3. The second-order valence-corrected chi connectivity index (χ2v) is 15.6. The van der Waals surface area contributed by atoms with Gasteiger partial charge in [0.25, 0.3) is 0 Å². The maximum absolute atomic E-state index is 14.1. The first-order valence-electron chi connectivity index (χ1n) is 15.6. The molecule has 1 heterocycles. The van der Waals surface area contributed by atoms with Gasteiger partial charge in [-0.2, -0.15) is 0 Å². The Morgan fingerprint density at radius 3 is 2.44 bits per heavy atom. The predicted molar refractivity (Wildman–Crippen MR) is 156 cm³/mol. The number of rotatable bonds is 1. The van der Waals surface area contributed by atoms with Crippen molar-refractivity contribution >= 4 is 11.7 Å². The second-order valence-electron chi connectivity index (χ2n) is 15.6. The van der Waals surface area contributed by atoms with E-state index in [1.165, 1.54) is 18.4 Å². The Hall–Kier alpha value is -2.10. The summed E-state index contributed by atoms with van der Waals surface area (Å²) in [6.07, 6.45) is 16.2. The van der Waals surface area contributed by atoms with Crippen molar-refractivity contribution in [2.24, 2.45) is 38.9 Å². The van der Waals surface area contributed by atoms with Crippen LogP contribution in [0.2, 0.25) is 0 Å². The molecule has 4 fully saturated rings. The number of aliphatic hydroxyl groups is 1. The van der Waals surface area contributed by atoms with E-state index < -0.39 is 0 Å². The van der Waals surface area contributed by atoms with E-state index in [2.05, 4.69) is 58.6 Å². The summed E-state index contributed by atoms with van der Waals surface area (Å²) in [5, 5.41) is 10.4. The molecule has 5 aliphatic carbocycles. The van der Waals surface area contributed by atoms with E-state index in [0.717, 1.165) is 69.2 Å². The number of ketones is 1. The molecule has 1 amide bonds. The van der Waals surface area contributed by atoms with Crippen LogP contribution in [0.1, 0.15) is 106 Å². The smallest absolute Gasteiger partial charge is 0.228 e. The molecule has 4 nitrogen and oxygen atoms in total. The van der Waals surface area contributed by atoms with E-state index in [1.54, 1.807) is 6.08 Å². The van der Waals surface area contributed by atoms with Crippen LogP contribution < -0.4 is 0 Å². The number of piperidine rings is 1. The minimum absolute atomic E-state index is 0.00581. The minimum Gasteiger partial charge on any atom is -0.504 e. The molecule has 212 valence electrons. The van der Waals surface area contributed by atoms with E-state index in [-0.39, 0.29) is 38.6 Å². The highest BCUT2D eigenvalue weighted by Gasteiger charge is 2.67. The largest absolute Gasteiger partial charge is 0.504 e. The van der Waals surface area contributed by atoms with Crippen LogP contribution in [0, 0.1) is 38.9 Å². The fraction of sp³-hybridized carbons (Fsp3) is 0.714. The van der Waals surface area contributed by atoms with Gasteiger partial charge in [0.2, 0.25) is 11.7 Å². The van der Waals surface area contributed by atoms with E-state index in [1.807, 2.05) is 6.92 Å². The highest BCUT2D eigenvalue weighted by molar-refractivity contribution is 6.06. The van der Waals surface area contributed by atoms with E-state index in [9.17, 15) is 14.7 Å². The molecule has 0 bridgehead atoms. The van der Waals surface area contributed by atoms with Crippen LogP contribution in [-0.4, -0.2) is 34.8 Å². The Labute approximate surface area is 235 Å². The van der Waals surface area contributed by atoms with Gasteiger partial charge in [-0.1, -0.05) is 59.3 Å². The third kappa shape index (κ3) is 3.54. The first-order chi connectivity index (χ1) is 18.2. The van der Waals surface area contributed by atoms with Gasteiger partial charge in [-0.25, -0.2) is 0 Å². The lowest BCUT2D eigenvalue weighted by Crippen LogP contribution is -2.63. The molecular weight excluding hydrogens is 482 g/mol. The highest BCUT2D eigenvalue weighted by Crippen LogP contribution is 2.75. The molecular formula is C35H49NO3. The Kier molecular flexibility index (Phi) is 5.88. The quantitative estimate of drug-likeness (QED) is 0.374. The average molecular weight is 532 g/mol. The molecule has 3 saturated carbocycles. The predicted octanol–water partition coefficient (Wildman–Crippen LogP) is 7.87. The number of amides is 1. The van der Waals surface area contributed by atoms with Crippen LogP contribution >= 0.6 is 0 Å². The first-order valence-corrected chi connectivity index (χ1v) is 15.6. The molecule has 0 radical (unpaired) electrons. The third-order valence-electron chi connectivity index (χ3n) is 13.3. The van der Waals surface area contributed by atoms with Crippen LogP contribution in [0.3, 0.4) is 0 Å². The summed E-state index contributed by atoms with van der Waals surface area (Å²) >= 11 is 0. The van der Waals surface area contributed by atoms with Gasteiger partial charge in [-0.05, 0) is 110 Å². The number of hydrogen-bond donors (Lipinski definition) is 1. The third-order valence-corrected chi connectivity index (χ3v) is 13.3. The van der Waals surface area contributed by atoms with Crippen molar-refractivity contribution in [2.75, 3.05) is 13.1 Å². The van der Waals surface area contributed by atoms with Crippen molar-refractivity contribution in [1.29, 1.82) is 0 Å². The Morgan fingerprint density at radius 2 is 1.72 bits per heavy atom. The molecule has 4 heteroatoms. The monoisotopic (exact) mass is 531 g/mol. The Bertz CT molecular complexity index is 1270. The first kappa shape index (κ1) is 27.1. The minimum atomic E-state index is -0.283. The lowest BCUT2D eigenvalue weighted by molar-refractivity contribution is -0.175. The van der Waals surface area contributed by atoms with Crippen LogP contribution in [-0.2, 0) is 9.59 Å². The second kappa shape index (κ2) is 8.46. The van der Waals surface area contributed by atoms with Gasteiger partial charge >= 0.3 is 0 Å². The number of carbonyl (C=O) groups is 2. The maximum Gasteiger partial charge on any atom is 0.228 e. The molecule has 0 aromatic rings. The number of carbonyl (C=O) groups excluding carboxylic acids is 2. The molecule has 1 N–H and O–H groups in total. The average Bonchev–Trinajstić information content (AvgIpc) is 2.90. The standard InChI is InChI=1S/C35H49NO3/c1-22-9-8-18-36(21-22)30(39)32(4)13-12-31(3)14-16-34(6)27-11-10-24-23(2)29(38)26(37)19-25(24)33(27,5)15-17-35(34,7)28(31)20-32/h10-11,19,22,28,38H,8-9,12-18,20-21H2,1-7H3/t22?,28-,31-,32-,33+,34-,35+/m1/s1. The van der Waals surface area contributed by atoms with Gasteiger partial charge in [0.1, 0.15) is 0 Å². The fourth-order valence-electron chi connectivity index (χ4n) is 10.4. The lowest BCUT2D eigenvalue weighted by atomic mass is 9.34. The van der Waals surface area contributed by atoms with Crippen molar-refractivity contribution in [1.82, 2.24) is 4.90 Å². The molecule has 7 atom stereocenters. The van der Waals surface area contributed by atoms with E-state index in [4.69, 9.17) is 0 Å². The van der Waals surface area contributed by atoms with Gasteiger partial charge in [-0.3, -0.25) is 9.59 Å². The number of allylic oxidation sites excluding steroid dienone is 7. The van der Waals surface area contributed by atoms with Crippen molar-refractivity contribution in [3.8, 4) is 0 Å². The number of fused-ring (bicyclic) bond motifs is 7. The SMILES string of the molecule is CC1=C(O)C(=O)C=C2C1=CC=C1[C@@]2(C)CC[C@@]2(C)[C@@H]3C[C@](C)(C(=O)N4CCCC(C)C4)CC[C@]3(C)CC[C@]12C. The van der Waals surface area contributed by atoms with Gasteiger partial charge in [0, 0.05) is 29.5 Å². The van der Waals surface area contributed by atoms with Crippen molar-refractivity contribution in [3.63, 3.8) is 0 Å². The van der Waals surface area contributed by atoms with Gasteiger partial charge in [-0.15, -0.1) is 0 Å². The topological polar surface area (TPSA) is 57.6 Å². The van der Waals surface area contributed by atoms with Crippen LogP contribution in [0.4, 0.5) is 0 Å². The molecule has 1 aliphatic heterocycles. The zero-order valence-electron chi connectivity index (χ0n) is 25.4. The summed E-state index contributed by atoms with van der Waals surface area (Å²) in [4.78, 5) is 29.1. The van der Waals surface area contributed by atoms with Crippen molar-refractivity contribution < 1.29 is 14.7 Å². The van der Waals surface area contributed by atoms with Crippen molar-refractivity contribution in [3.05, 3.63) is 46.3 Å². The van der Waals surface area contributed by atoms with Gasteiger partial charge in [0.15, 0.2) is 5.76 Å². The zero-order valence-corrected chi connectivity index (χ0v) is 25.4. The zero-order chi connectivity index (χ0) is 28.2. The molecule has 0 spiro atoms. The molecule has 0 aromatic carbocycles.